The maximum atomic E-state index is 13.0. The van der Waals surface area contributed by atoms with Gasteiger partial charge < -0.3 is 5.11 Å². The molecule has 1 N–H and O–H groups in total. The molecule has 0 heterocycles. The second-order valence-electron chi connectivity index (χ2n) is 2.39. The summed E-state index contributed by atoms with van der Waals surface area (Å²) in [6.07, 6.45) is -0.413. The minimum Gasteiger partial charge on any atom is -0.481 e. The number of carbonyl (C=O) groups is 1. The minimum absolute atomic E-state index is 0.00328. The van der Waals surface area contributed by atoms with E-state index in [0.29, 0.717) is 4.47 Å². The van der Waals surface area contributed by atoms with Crippen molar-refractivity contribution in [3.05, 3.63) is 33.0 Å². The number of halogens is 3. The summed E-state index contributed by atoms with van der Waals surface area (Å²) in [5, 5.41) is 8.58. The first kappa shape index (κ1) is 10.5. The lowest BCUT2D eigenvalue weighted by atomic mass is 10.1. The van der Waals surface area contributed by atoms with Gasteiger partial charge in [0, 0.05) is 10.0 Å². The van der Waals surface area contributed by atoms with E-state index < -0.39 is 18.2 Å². The molecule has 0 aliphatic carbocycles. The van der Waals surface area contributed by atoms with Crippen molar-refractivity contribution in [3.63, 3.8) is 0 Å². The van der Waals surface area contributed by atoms with Gasteiger partial charge in [0.2, 0.25) is 0 Å². The lowest BCUT2D eigenvalue weighted by molar-refractivity contribution is -0.136. The van der Waals surface area contributed by atoms with Crippen LogP contribution in [-0.4, -0.2) is 11.1 Å². The molecule has 1 aromatic rings. The summed E-state index contributed by atoms with van der Waals surface area (Å²) >= 11 is 8.77. The number of carboxylic acid groups (broad SMARTS) is 1. The van der Waals surface area contributed by atoms with Crippen molar-refractivity contribution in [2.75, 3.05) is 0 Å². The average molecular weight is 267 g/mol. The number of rotatable bonds is 2. The maximum absolute atomic E-state index is 13.0. The molecule has 0 unspecified atom stereocenters. The van der Waals surface area contributed by atoms with Crippen LogP contribution in [0.2, 0.25) is 5.02 Å². The Morgan fingerprint density at radius 1 is 1.62 bits per heavy atom. The van der Waals surface area contributed by atoms with E-state index in [0.717, 1.165) is 0 Å². The van der Waals surface area contributed by atoms with E-state index in [9.17, 15) is 9.18 Å². The van der Waals surface area contributed by atoms with Crippen LogP contribution < -0.4 is 0 Å². The Labute approximate surface area is 87.5 Å². The zero-order chi connectivity index (χ0) is 10.0. The smallest absolute Gasteiger partial charge is 0.307 e. The first-order valence-electron chi connectivity index (χ1n) is 3.36. The Balaban J connectivity index is 3.17. The molecule has 0 aliphatic rings. The van der Waals surface area contributed by atoms with Crippen LogP contribution in [0.3, 0.4) is 0 Å². The predicted octanol–water partition coefficient (Wildman–Crippen LogP) is 2.87. The van der Waals surface area contributed by atoms with Crippen molar-refractivity contribution < 1.29 is 14.3 Å². The predicted molar refractivity (Wildman–Crippen MR) is 50.4 cm³/mol. The van der Waals surface area contributed by atoms with Gasteiger partial charge in [-0.3, -0.25) is 4.79 Å². The quantitative estimate of drug-likeness (QED) is 0.837. The van der Waals surface area contributed by atoms with Crippen molar-refractivity contribution >= 4 is 33.5 Å². The topological polar surface area (TPSA) is 37.3 Å². The van der Waals surface area contributed by atoms with Gasteiger partial charge >= 0.3 is 5.97 Å². The molecule has 0 aliphatic heterocycles. The molecule has 13 heavy (non-hydrogen) atoms. The highest BCUT2D eigenvalue weighted by molar-refractivity contribution is 9.10. The highest BCUT2D eigenvalue weighted by atomic mass is 79.9. The van der Waals surface area contributed by atoms with Gasteiger partial charge in [-0.05, 0) is 28.1 Å². The molecular weight excluding hydrogens is 262 g/mol. The number of carboxylic acids is 1. The van der Waals surface area contributed by atoms with Crippen LogP contribution in [0.25, 0.3) is 0 Å². The van der Waals surface area contributed by atoms with Crippen LogP contribution in [0.15, 0.2) is 16.6 Å². The molecule has 0 radical (unpaired) electrons. The van der Waals surface area contributed by atoms with Gasteiger partial charge in [-0.1, -0.05) is 11.6 Å². The van der Waals surface area contributed by atoms with Crippen LogP contribution in [0.4, 0.5) is 4.39 Å². The highest BCUT2D eigenvalue weighted by Gasteiger charge is 2.13. The standard InChI is InChI=1S/C8H5BrClFO2/c9-5-1-2-6(11)4(8(5)10)3-7(12)13/h1-2H,3H2,(H,12,13). The van der Waals surface area contributed by atoms with Gasteiger partial charge in [-0.15, -0.1) is 0 Å². The zero-order valence-corrected chi connectivity index (χ0v) is 8.69. The van der Waals surface area contributed by atoms with E-state index in [1.165, 1.54) is 12.1 Å². The van der Waals surface area contributed by atoms with Crippen molar-refractivity contribution in [2.45, 2.75) is 6.42 Å². The number of hydrogen-bond donors (Lipinski definition) is 1. The first-order valence-corrected chi connectivity index (χ1v) is 4.53. The van der Waals surface area contributed by atoms with Crippen molar-refractivity contribution in [3.8, 4) is 0 Å². The molecule has 0 saturated heterocycles. The van der Waals surface area contributed by atoms with Crippen LogP contribution in [0.5, 0.6) is 0 Å². The monoisotopic (exact) mass is 266 g/mol. The van der Waals surface area contributed by atoms with Crippen LogP contribution in [0, 0.1) is 5.82 Å². The number of hydrogen-bond acceptors (Lipinski definition) is 1. The lowest BCUT2D eigenvalue weighted by Gasteiger charge is -2.04. The molecule has 0 aromatic heterocycles. The fourth-order valence-corrected chi connectivity index (χ4v) is 1.47. The summed E-state index contributed by atoms with van der Waals surface area (Å²) < 4.78 is 13.5. The van der Waals surface area contributed by atoms with Crippen molar-refractivity contribution in [2.24, 2.45) is 0 Å². The molecule has 0 amide bonds. The normalized spacial score (nSPS) is 10.1. The van der Waals surface area contributed by atoms with E-state index in [1.54, 1.807) is 0 Å². The van der Waals surface area contributed by atoms with E-state index in [2.05, 4.69) is 15.9 Å². The second-order valence-corrected chi connectivity index (χ2v) is 3.62. The van der Waals surface area contributed by atoms with Crippen LogP contribution >= 0.6 is 27.5 Å². The Morgan fingerprint density at radius 2 is 2.23 bits per heavy atom. The summed E-state index contributed by atoms with van der Waals surface area (Å²) in [4.78, 5) is 10.3. The van der Waals surface area contributed by atoms with Crippen LogP contribution in [-0.2, 0) is 11.2 Å². The van der Waals surface area contributed by atoms with Gasteiger partial charge in [0.25, 0.3) is 0 Å². The minimum atomic E-state index is -1.11. The molecule has 0 spiro atoms. The molecule has 0 saturated carbocycles. The summed E-state index contributed by atoms with van der Waals surface area (Å²) in [6.45, 7) is 0. The van der Waals surface area contributed by atoms with E-state index in [4.69, 9.17) is 16.7 Å². The molecule has 0 fully saturated rings. The third-order valence-electron chi connectivity index (χ3n) is 1.47. The summed E-state index contributed by atoms with van der Waals surface area (Å²) in [7, 11) is 0. The molecule has 70 valence electrons. The third-order valence-corrected chi connectivity index (χ3v) is 2.79. The van der Waals surface area contributed by atoms with Gasteiger partial charge in [0.05, 0.1) is 11.4 Å². The van der Waals surface area contributed by atoms with E-state index in [-0.39, 0.29) is 10.6 Å². The Kier molecular flexibility index (Phi) is 3.27. The number of aliphatic carboxylic acids is 1. The lowest BCUT2D eigenvalue weighted by Crippen LogP contribution is -2.03. The van der Waals surface area contributed by atoms with Gasteiger partial charge in [0.1, 0.15) is 5.82 Å². The Hall–Kier alpha value is -0.610. The SMILES string of the molecule is O=C(O)Cc1c(F)ccc(Br)c1Cl. The largest absolute Gasteiger partial charge is 0.481 e. The average Bonchev–Trinajstić information content (AvgIpc) is 2.05. The van der Waals surface area contributed by atoms with Gasteiger partial charge in [-0.25, -0.2) is 4.39 Å². The van der Waals surface area contributed by atoms with E-state index >= 15 is 0 Å². The molecule has 0 atom stereocenters. The van der Waals surface area contributed by atoms with Crippen molar-refractivity contribution in [1.82, 2.24) is 0 Å². The van der Waals surface area contributed by atoms with Crippen molar-refractivity contribution in [1.29, 1.82) is 0 Å². The fourth-order valence-electron chi connectivity index (χ4n) is 0.882. The second kappa shape index (κ2) is 4.07. The van der Waals surface area contributed by atoms with E-state index in [1.807, 2.05) is 0 Å². The van der Waals surface area contributed by atoms with Gasteiger partial charge in [-0.2, -0.15) is 0 Å². The molecule has 0 bridgehead atoms. The Bertz CT molecular complexity index is 354. The molecule has 1 aromatic carbocycles. The summed E-state index contributed by atoms with van der Waals surface area (Å²) in [6, 6.07) is 2.61. The van der Waals surface area contributed by atoms with Crippen LogP contribution in [0.1, 0.15) is 5.56 Å². The highest BCUT2D eigenvalue weighted by Crippen LogP contribution is 2.28. The summed E-state index contributed by atoms with van der Waals surface area (Å²) in [5.41, 5.74) is 0.00328. The maximum Gasteiger partial charge on any atom is 0.307 e. The molecule has 2 nitrogen and oxygen atoms in total. The molecular formula is C8H5BrClFO2. The fraction of sp³-hybridized carbons (Fsp3) is 0.125. The number of benzene rings is 1. The third kappa shape index (κ3) is 2.42. The molecule has 1 rings (SSSR count). The molecule has 5 heteroatoms. The zero-order valence-electron chi connectivity index (χ0n) is 6.35. The first-order chi connectivity index (χ1) is 6.02. The Morgan fingerprint density at radius 3 is 2.77 bits per heavy atom. The van der Waals surface area contributed by atoms with Gasteiger partial charge in [0.15, 0.2) is 0 Å². The summed E-state index contributed by atoms with van der Waals surface area (Å²) in [5.74, 6) is -1.71.